The topological polar surface area (TPSA) is 100.0 Å². The van der Waals surface area contributed by atoms with Crippen molar-refractivity contribution in [2.24, 2.45) is 11.7 Å². The van der Waals surface area contributed by atoms with Gasteiger partial charge in [0, 0.05) is 11.9 Å². The highest BCUT2D eigenvalue weighted by atomic mass is 19.1. The Hall–Kier alpha value is -2.92. The van der Waals surface area contributed by atoms with Crippen LogP contribution in [0.3, 0.4) is 0 Å². The second-order valence-electron chi connectivity index (χ2n) is 6.94. The Bertz CT molecular complexity index is 833. The first-order valence-corrected chi connectivity index (χ1v) is 8.95. The molecular weight excluding hydrogens is 347 g/mol. The summed E-state index contributed by atoms with van der Waals surface area (Å²) in [4.78, 5) is 14.1. The summed E-state index contributed by atoms with van der Waals surface area (Å²) in [7, 11) is 2.08. The van der Waals surface area contributed by atoms with Crippen molar-refractivity contribution in [3.05, 3.63) is 41.8 Å². The molecule has 27 heavy (non-hydrogen) atoms. The molecule has 7 nitrogen and oxygen atoms in total. The number of hydrogen-bond donors (Lipinski definition) is 2. The Morgan fingerprint density at radius 1 is 1.41 bits per heavy atom. The Balaban J connectivity index is 1.88. The number of nitriles is 1. The van der Waals surface area contributed by atoms with E-state index in [1.807, 2.05) is 0 Å². The van der Waals surface area contributed by atoms with Gasteiger partial charge >= 0.3 is 0 Å². The van der Waals surface area contributed by atoms with Crippen LogP contribution in [0.1, 0.15) is 35.7 Å². The van der Waals surface area contributed by atoms with Crippen LogP contribution in [0.4, 0.5) is 15.9 Å². The summed E-state index contributed by atoms with van der Waals surface area (Å²) in [5, 5.41) is 16.8. The van der Waals surface area contributed by atoms with Gasteiger partial charge in [-0.3, -0.25) is 9.48 Å². The van der Waals surface area contributed by atoms with Crippen molar-refractivity contribution >= 4 is 17.4 Å². The Kier molecular flexibility index (Phi) is 5.72. The number of hydrogen-bond acceptors (Lipinski definition) is 5. The summed E-state index contributed by atoms with van der Waals surface area (Å²) in [6.07, 6.45) is 3.85. The number of aromatic nitrogens is 2. The van der Waals surface area contributed by atoms with Crippen molar-refractivity contribution in [2.75, 3.05) is 25.5 Å². The molecule has 1 aromatic heterocycles. The van der Waals surface area contributed by atoms with Crippen LogP contribution >= 0.6 is 0 Å². The fourth-order valence-electron chi connectivity index (χ4n) is 3.49. The van der Waals surface area contributed by atoms with Crippen molar-refractivity contribution in [1.82, 2.24) is 14.7 Å². The number of piperidine rings is 1. The number of primary amides is 1. The molecule has 1 saturated heterocycles. The molecule has 1 amide bonds. The van der Waals surface area contributed by atoms with Crippen LogP contribution in [-0.4, -0.2) is 40.7 Å². The quantitative estimate of drug-likeness (QED) is 0.814. The zero-order valence-corrected chi connectivity index (χ0v) is 15.2. The normalized spacial score (nSPS) is 16.6. The molecule has 1 unspecified atom stereocenters. The Labute approximate surface area is 157 Å². The summed E-state index contributed by atoms with van der Waals surface area (Å²) < 4.78 is 14.8. The lowest BCUT2D eigenvalue weighted by atomic mass is 9.88. The van der Waals surface area contributed by atoms with Gasteiger partial charge in [0.05, 0.1) is 18.5 Å². The molecule has 3 N–H and O–H groups in total. The molecule has 1 aliphatic rings. The Morgan fingerprint density at radius 2 is 2.07 bits per heavy atom. The average molecular weight is 370 g/mol. The number of rotatable bonds is 6. The molecule has 0 saturated carbocycles. The van der Waals surface area contributed by atoms with Gasteiger partial charge in [0.15, 0.2) is 5.82 Å². The van der Waals surface area contributed by atoms with E-state index in [0.29, 0.717) is 23.8 Å². The van der Waals surface area contributed by atoms with E-state index in [2.05, 4.69) is 28.4 Å². The third-order valence-electron chi connectivity index (χ3n) is 5.05. The highest BCUT2D eigenvalue weighted by molar-refractivity contribution is 5.98. The van der Waals surface area contributed by atoms with Gasteiger partial charge < -0.3 is 16.0 Å². The third-order valence-corrected chi connectivity index (χ3v) is 5.05. The minimum atomic E-state index is -0.607. The number of benzene rings is 1. The van der Waals surface area contributed by atoms with Crippen LogP contribution in [0.5, 0.6) is 0 Å². The van der Waals surface area contributed by atoms with E-state index in [1.54, 1.807) is 23.0 Å². The van der Waals surface area contributed by atoms with Gasteiger partial charge in [-0.25, -0.2) is 4.39 Å². The molecule has 0 spiro atoms. The maximum absolute atomic E-state index is 13.1. The molecule has 2 aromatic rings. The predicted octanol–water partition coefficient (Wildman–Crippen LogP) is 2.66. The van der Waals surface area contributed by atoms with Crippen molar-refractivity contribution in [1.29, 1.82) is 5.26 Å². The molecule has 0 aliphatic carbocycles. The molecule has 1 aromatic carbocycles. The number of nitrogens with two attached hydrogens (primary N) is 1. The van der Waals surface area contributed by atoms with Gasteiger partial charge in [-0.05, 0) is 63.2 Å². The van der Waals surface area contributed by atoms with Crippen LogP contribution in [0.15, 0.2) is 30.5 Å². The first-order chi connectivity index (χ1) is 13.0. The summed E-state index contributed by atoms with van der Waals surface area (Å²) >= 11 is 0. The van der Waals surface area contributed by atoms with Crippen LogP contribution in [0.2, 0.25) is 0 Å². The van der Waals surface area contributed by atoms with Gasteiger partial charge in [0.25, 0.3) is 5.91 Å². The van der Waals surface area contributed by atoms with Gasteiger partial charge in [-0.15, -0.1) is 0 Å². The van der Waals surface area contributed by atoms with Gasteiger partial charge in [-0.1, -0.05) is 0 Å². The van der Waals surface area contributed by atoms with E-state index in [-0.39, 0.29) is 17.4 Å². The molecule has 8 heteroatoms. The van der Waals surface area contributed by atoms with Gasteiger partial charge in [-0.2, -0.15) is 10.4 Å². The molecule has 2 heterocycles. The maximum atomic E-state index is 13.1. The zero-order chi connectivity index (χ0) is 19.4. The second kappa shape index (κ2) is 8.18. The highest BCUT2D eigenvalue weighted by Gasteiger charge is 2.29. The van der Waals surface area contributed by atoms with Crippen LogP contribution in [-0.2, 0) is 0 Å². The van der Waals surface area contributed by atoms with Crippen LogP contribution < -0.4 is 11.1 Å². The predicted molar refractivity (Wildman–Crippen MR) is 99.9 cm³/mol. The van der Waals surface area contributed by atoms with E-state index >= 15 is 0 Å². The first-order valence-electron chi connectivity index (χ1n) is 8.95. The summed E-state index contributed by atoms with van der Waals surface area (Å²) in [6.45, 7) is 1.94. The van der Waals surface area contributed by atoms with E-state index < -0.39 is 5.91 Å². The number of carbonyl (C=O) groups is 1. The molecule has 0 bridgehead atoms. The molecule has 0 radical (unpaired) electrons. The lowest BCUT2D eigenvalue weighted by Gasteiger charge is -2.33. The molecule has 1 fully saturated rings. The van der Waals surface area contributed by atoms with Crippen molar-refractivity contribution in [3.8, 4) is 6.07 Å². The minimum absolute atomic E-state index is 0.120. The maximum Gasteiger partial charge on any atom is 0.254 e. The number of anilines is 2. The summed E-state index contributed by atoms with van der Waals surface area (Å²) in [5.74, 6) is -0.340. The zero-order valence-electron chi connectivity index (χ0n) is 15.2. The van der Waals surface area contributed by atoms with Crippen LogP contribution in [0.25, 0.3) is 0 Å². The molecular formula is C19H23FN6O. The fraction of sp³-hybridized carbons (Fsp3) is 0.421. The lowest BCUT2D eigenvalue weighted by Crippen LogP contribution is -2.34. The second-order valence-corrected chi connectivity index (χ2v) is 6.94. The number of amides is 1. The number of carbonyl (C=O) groups excluding carboxylic acids is 1. The lowest BCUT2D eigenvalue weighted by molar-refractivity contribution is 0.100. The van der Waals surface area contributed by atoms with E-state index in [4.69, 9.17) is 5.73 Å². The van der Waals surface area contributed by atoms with Crippen molar-refractivity contribution in [2.45, 2.75) is 25.3 Å². The highest BCUT2D eigenvalue weighted by Crippen LogP contribution is 2.32. The van der Waals surface area contributed by atoms with Gasteiger partial charge in [0.1, 0.15) is 11.4 Å². The van der Waals surface area contributed by atoms with E-state index in [0.717, 1.165) is 25.9 Å². The van der Waals surface area contributed by atoms with Crippen molar-refractivity contribution in [3.63, 3.8) is 0 Å². The van der Waals surface area contributed by atoms with E-state index in [9.17, 15) is 14.4 Å². The monoisotopic (exact) mass is 370 g/mol. The minimum Gasteiger partial charge on any atom is -0.365 e. The number of likely N-dealkylation sites (tertiary alicyclic amines) is 1. The first kappa shape index (κ1) is 18.9. The largest absolute Gasteiger partial charge is 0.365 e. The Morgan fingerprint density at radius 3 is 2.67 bits per heavy atom. The van der Waals surface area contributed by atoms with E-state index in [1.165, 1.54) is 12.1 Å². The number of nitrogens with zero attached hydrogens (tertiary/aromatic N) is 4. The summed E-state index contributed by atoms with van der Waals surface area (Å²) in [5.41, 5.74) is 6.36. The third kappa shape index (κ3) is 4.44. The average Bonchev–Trinajstić information content (AvgIpc) is 3.06. The SMILES string of the molecule is CN1CCC(C(CC#N)n2cc(C(N)=O)c(Nc3ccc(F)cc3)n2)CC1. The number of nitrogens with one attached hydrogen (secondary N) is 1. The molecule has 1 aliphatic heterocycles. The standard InChI is InChI=1S/C19H23FN6O/c1-25-10-7-13(8-11-25)17(6-9-21)26-12-16(18(22)27)19(24-26)23-15-4-2-14(20)3-5-15/h2-5,12-13,17H,6-8,10-11H2,1H3,(H2,22,27)(H,23,24). The number of halogens is 1. The van der Waals surface area contributed by atoms with Crippen molar-refractivity contribution < 1.29 is 9.18 Å². The van der Waals surface area contributed by atoms with Gasteiger partial charge in [0.2, 0.25) is 0 Å². The molecule has 1 atom stereocenters. The fourth-order valence-corrected chi connectivity index (χ4v) is 3.49. The van der Waals surface area contributed by atoms with Crippen LogP contribution in [0, 0.1) is 23.1 Å². The molecule has 142 valence electrons. The summed E-state index contributed by atoms with van der Waals surface area (Å²) in [6, 6.07) is 7.87. The molecule has 3 rings (SSSR count). The smallest absolute Gasteiger partial charge is 0.254 e.